The number of hydrogen-bond donors (Lipinski definition) is 1. The molecule has 2 unspecified atom stereocenters. The molecular weight excluding hydrogens is 138 g/mol. The van der Waals surface area contributed by atoms with Crippen LogP contribution in [0.2, 0.25) is 0 Å². The molecule has 0 aromatic heterocycles. The number of nitrogens with two attached hydrogens (primary N) is 1. The minimum Gasteiger partial charge on any atom is -0.327 e. The van der Waals surface area contributed by atoms with Crippen LogP contribution in [0.15, 0.2) is 0 Å². The summed E-state index contributed by atoms with van der Waals surface area (Å²) in [6.07, 6.45) is 1.63. The van der Waals surface area contributed by atoms with Crippen molar-refractivity contribution in [3.8, 4) is 6.07 Å². The van der Waals surface area contributed by atoms with Gasteiger partial charge >= 0.3 is 0 Å². The van der Waals surface area contributed by atoms with Gasteiger partial charge in [0.05, 0.1) is 6.07 Å². The maximum Gasteiger partial charge on any atom is 0.0625 e. The van der Waals surface area contributed by atoms with Gasteiger partial charge in [0.15, 0.2) is 0 Å². The van der Waals surface area contributed by atoms with Crippen LogP contribution in [0.3, 0.4) is 0 Å². The molecule has 0 saturated carbocycles. The fourth-order valence-electron chi connectivity index (χ4n) is 1.57. The molecule has 0 bridgehead atoms. The molecule has 1 aliphatic rings. The first-order valence-electron chi connectivity index (χ1n) is 4.05. The second-order valence-electron chi connectivity index (χ2n) is 3.34. The molecule has 1 saturated heterocycles. The van der Waals surface area contributed by atoms with E-state index in [-0.39, 0.29) is 6.04 Å². The Morgan fingerprint density at radius 1 is 1.73 bits per heavy atom. The van der Waals surface area contributed by atoms with Crippen molar-refractivity contribution >= 4 is 0 Å². The van der Waals surface area contributed by atoms with E-state index in [1.165, 1.54) is 0 Å². The first-order chi connectivity index (χ1) is 5.24. The van der Waals surface area contributed by atoms with Gasteiger partial charge in [-0.25, -0.2) is 0 Å². The van der Waals surface area contributed by atoms with Crippen LogP contribution >= 0.6 is 0 Å². The van der Waals surface area contributed by atoms with E-state index in [4.69, 9.17) is 11.0 Å². The Balaban J connectivity index is 2.42. The predicted molar refractivity (Wildman–Crippen MR) is 43.8 cm³/mol. The van der Waals surface area contributed by atoms with Crippen molar-refractivity contribution in [2.45, 2.75) is 18.9 Å². The summed E-state index contributed by atoms with van der Waals surface area (Å²) in [4.78, 5) is 2.24. The Kier molecular flexibility index (Phi) is 2.86. The van der Waals surface area contributed by atoms with Gasteiger partial charge in [0.25, 0.3) is 0 Å². The van der Waals surface area contributed by atoms with Gasteiger partial charge in [-0.2, -0.15) is 5.26 Å². The monoisotopic (exact) mass is 153 g/mol. The van der Waals surface area contributed by atoms with Crippen LogP contribution < -0.4 is 5.73 Å². The van der Waals surface area contributed by atoms with Gasteiger partial charge in [-0.05, 0) is 25.9 Å². The topological polar surface area (TPSA) is 53.0 Å². The third-order valence-corrected chi connectivity index (χ3v) is 2.35. The van der Waals surface area contributed by atoms with Crippen molar-refractivity contribution in [1.29, 1.82) is 5.26 Å². The van der Waals surface area contributed by atoms with E-state index in [1.54, 1.807) is 0 Å². The Labute approximate surface area is 67.8 Å². The number of rotatable bonds is 1. The van der Waals surface area contributed by atoms with E-state index < -0.39 is 0 Å². The highest BCUT2D eigenvalue weighted by Crippen LogP contribution is 2.16. The molecule has 1 fully saturated rings. The maximum absolute atomic E-state index is 8.50. The molecule has 2 atom stereocenters. The zero-order valence-electron chi connectivity index (χ0n) is 6.95. The second-order valence-corrected chi connectivity index (χ2v) is 3.34. The summed E-state index contributed by atoms with van der Waals surface area (Å²) in [6, 6.07) is 2.42. The summed E-state index contributed by atoms with van der Waals surface area (Å²) in [7, 11) is 2.08. The average Bonchev–Trinajstić information content (AvgIpc) is 1.98. The van der Waals surface area contributed by atoms with Crippen LogP contribution in [0, 0.1) is 17.2 Å². The van der Waals surface area contributed by atoms with E-state index in [0.717, 1.165) is 19.5 Å². The van der Waals surface area contributed by atoms with Gasteiger partial charge in [0.2, 0.25) is 0 Å². The smallest absolute Gasteiger partial charge is 0.0625 e. The summed E-state index contributed by atoms with van der Waals surface area (Å²) in [5.74, 6) is 0.388. The molecule has 3 nitrogen and oxygen atoms in total. The first-order valence-corrected chi connectivity index (χ1v) is 4.05. The lowest BCUT2D eigenvalue weighted by Gasteiger charge is -2.33. The maximum atomic E-state index is 8.50. The lowest BCUT2D eigenvalue weighted by molar-refractivity contribution is 0.188. The third-order valence-electron chi connectivity index (χ3n) is 2.35. The van der Waals surface area contributed by atoms with Crippen LogP contribution in [0.25, 0.3) is 0 Å². The van der Waals surface area contributed by atoms with Crippen molar-refractivity contribution < 1.29 is 0 Å². The average molecular weight is 153 g/mol. The minimum absolute atomic E-state index is 0.242. The van der Waals surface area contributed by atoms with Crippen molar-refractivity contribution in [1.82, 2.24) is 4.90 Å². The van der Waals surface area contributed by atoms with E-state index in [1.807, 2.05) is 0 Å². The normalized spacial score (nSPS) is 33.2. The van der Waals surface area contributed by atoms with Crippen LogP contribution in [-0.2, 0) is 0 Å². The van der Waals surface area contributed by atoms with Gasteiger partial charge in [-0.1, -0.05) is 0 Å². The van der Waals surface area contributed by atoms with Crippen molar-refractivity contribution in [2.75, 3.05) is 20.1 Å². The van der Waals surface area contributed by atoms with E-state index in [9.17, 15) is 0 Å². The van der Waals surface area contributed by atoms with Crippen molar-refractivity contribution in [3.63, 3.8) is 0 Å². The Morgan fingerprint density at radius 3 is 3.09 bits per heavy atom. The quantitative estimate of drug-likeness (QED) is 0.584. The van der Waals surface area contributed by atoms with Crippen LogP contribution in [0.4, 0.5) is 0 Å². The van der Waals surface area contributed by atoms with Crippen molar-refractivity contribution in [2.24, 2.45) is 11.7 Å². The predicted octanol–water partition coefficient (Wildman–Crippen LogP) is 0.179. The van der Waals surface area contributed by atoms with Gasteiger partial charge in [-0.15, -0.1) is 0 Å². The summed E-state index contributed by atoms with van der Waals surface area (Å²) < 4.78 is 0. The first kappa shape index (κ1) is 8.51. The van der Waals surface area contributed by atoms with Crippen LogP contribution in [0.5, 0.6) is 0 Å². The molecule has 0 spiro atoms. The summed E-state index contributed by atoms with van der Waals surface area (Å²) in [5, 5.41) is 8.50. The molecule has 62 valence electrons. The van der Waals surface area contributed by atoms with Gasteiger partial charge in [0.1, 0.15) is 0 Å². The molecule has 11 heavy (non-hydrogen) atoms. The second kappa shape index (κ2) is 3.70. The molecule has 1 heterocycles. The molecule has 0 aromatic rings. The molecular formula is C8H15N3. The summed E-state index contributed by atoms with van der Waals surface area (Å²) in [6.45, 7) is 2.05. The van der Waals surface area contributed by atoms with Crippen molar-refractivity contribution in [3.05, 3.63) is 0 Å². The van der Waals surface area contributed by atoms with Gasteiger partial charge in [0, 0.05) is 19.0 Å². The molecule has 0 radical (unpaired) electrons. The summed E-state index contributed by atoms with van der Waals surface area (Å²) >= 11 is 0. The van der Waals surface area contributed by atoms with Crippen LogP contribution in [-0.4, -0.2) is 31.1 Å². The molecule has 3 heteroatoms. The molecule has 1 aliphatic heterocycles. The standard InChI is InChI=1S/C8H15N3/c1-11-5-3-8(10)7(6-11)2-4-9/h7-8H,2-3,5-6,10H2,1H3. The lowest BCUT2D eigenvalue weighted by atomic mass is 9.91. The highest BCUT2D eigenvalue weighted by Gasteiger charge is 2.23. The molecule has 1 rings (SSSR count). The molecule has 0 amide bonds. The zero-order valence-corrected chi connectivity index (χ0v) is 6.95. The Hall–Kier alpha value is -0.590. The number of nitrogens with zero attached hydrogens (tertiary/aromatic N) is 2. The largest absolute Gasteiger partial charge is 0.327 e. The molecule has 0 aliphatic carbocycles. The Morgan fingerprint density at radius 2 is 2.45 bits per heavy atom. The van der Waals surface area contributed by atoms with E-state index >= 15 is 0 Å². The highest BCUT2D eigenvalue weighted by atomic mass is 15.1. The number of hydrogen-bond acceptors (Lipinski definition) is 3. The number of nitriles is 1. The SMILES string of the molecule is CN1CCC(N)C(CC#N)C1. The summed E-state index contributed by atoms with van der Waals surface area (Å²) in [5.41, 5.74) is 5.85. The van der Waals surface area contributed by atoms with Crippen LogP contribution in [0.1, 0.15) is 12.8 Å². The zero-order chi connectivity index (χ0) is 8.27. The third kappa shape index (κ3) is 2.18. The number of piperidine rings is 1. The number of likely N-dealkylation sites (tertiary alicyclic amines) is 1. The van der Waals surface area contributed by atoms with E-state index in [0.29, 0.717) is 12.3 Å². The van der Waals surface area contributed by atoms with E-state index in [2.05, 4.69) is 18.0 Å². The highest BCUT2D eigenvalue weighted by molar-refractivity contribution is 4.87. The van der Waals surface area contributed by atoms with Gasteiger partial charge < -0.3 is 10.6 Å². The fraction of sp³-hybridized carbons (Fsp3) is 0.875. The van der Waals surface area contributed by atoms with Gasteiger partial charge in [-0.3, -0.25) is 0 Å². The fourth-order valence-corrected chi connectivity index (χ4v) is 1.57. The molecule has 2 N–H and O–H groups in total. The lowest BCUT2D eigenvalue weighted by Crippen LogP contribution is -2.45. The Bertz CT molecular complexity index is 161. The molecule has 0 aromatic carbocycles. The minimum atomic E-state index is 0.242.